The lowest BCUT2D eigenvalue weighted by Gasteiger charge is -2.56. The van der Waals surface area contributed by atoms with Crippen LogP contribution in [0.25, 0.3) is 0 Å². The third kappa shape index (κ3) is 3.69. The van der Waals surface area contributed by atoms with E-state index in [1.165, 1.54) is 5.57 Å². The molecule has 186 valence electrons. The number of nitrogens with zero attached hydrogens (tertiary/aromatic N) is 1. The van der Waals surface area contributed by atoms with Crippen LogP contribution < -0.4 is 0 Å². The van der Waals surface area contributed by atoms with Gasteiger partial charge in [-0.1, -0.05) is 64.8 Å². The summed E-state index contributed by atoms with van der Waals surface area (Å²) in [6, 6.07) is 7.87. The van der Waals surface area contributed by atoms with E-state index >= 15 is 0 Å². The van der Waals surface area contributed by atoms with Gasteiger partial charge in [0.15, 0.2) is 5.78 Å². The number of Topliss-reactive ketones (excluding diaryl/α,β-unsaturated/α-hetero) is 2. The smallest absolute Gasteiger partial charge is 0.190 e. The van der Waals surface area contributed by atoms with Crippen LogP contribution in [0.15, 0.2) is 57.7 Å². The summed E-state index contributed by atoms with van der Waals surface area (Å²) < 4.78 is 0.978. The van der Waals surface area contributed by atoms with Gasteiger partial charge in [-0.15, -0.1) is 0 Å². The molecule has 7 heteroatoms. The number of benzene rings is 1. The Bertz CT molecular complexity index is 1160. The highest BCUT2D eigenvalue weighted by Crippen LogP contribution is 2.66. The van der Waals surface area contributed by atoms with Crippen molar-refractivity contribution in [2.24, 2.45) is 33.7 Å². The molecule has 0 aliphatic heterocycles. The average Bonchev–Trinajstić information content (AvgIpc) is 3.10. The number of rotatable bonds is 5. The fourth-order valence-electron chi connectivity index (χ4n) is 7.48. The van der Waals surface area contributed by atoms with E-state index in [-0.39, 0.29) is 30.0 Å². The van der Waals surface area contributed by atoms with Gasteiger partial charge in [-0.3, -0.25) is 9.59 Å². The molecule has 2 N–H and O–H groups in total. The lowest BCUT2D eigenvalue weighted by atomic mass is 9.46. The quantitative estimate of drug-likeness (QED) is 0.533. The predicted octanol–water partition coefficient (Wildman–Crippen LogP) is 4.53. The highest BCUT2D eigenvalue weighted by Gasteiger charge is 2.68. The minimum absolute atomic E-state index is 0.0696. The third-order valence-electron chi connectivity index (χ3n) is 9.37. The number of hydrogen-bond donors (Lipinski definition) is 2. The maximum Gasteiger partial charge on any atom is 0.190 e. The highest BCUT2D eigenvalue weighted by atomic mass is 79.9. The first-order chi connectivity index (χ1) is 16.6. The van der Waals surface area contributed by atoms with Crippen LogP contribution in [0.4, 0.5) is 0 Å². The summed E-state index contributed by atoms with van der Waals surface area (Å²) in [6.07, 6.45) is 8.92. The number of aliphatic hydroxyl groups is 2. The van der Waals surface area contributed by atoms with Crippen molar-refractivity contribution in [3.63, 3.8) is 0 Å². The number of hydrogen-bond acceptors (Lipinski definition) is 6. The van der Waals surface area contributed by atoms with Gasteiger partial charge in [-0.25, -0.2) is 0 Å². The summed E-state index contributed by atoms with van der Waals surface area (Å²) in [5.74, 6) is -0.481. The van der Waals surface area contributed by atoms with Crippen LogP contribution in [0.2, 0.25) is 0 Å². The zero-order chi connectivity index (χ0) is 25.0. The van der Waals surface area contributed by atoms with E-state index in [1.54, 1.807) is 0 Å². The molecule has 6 nitrogen and oxygen atoms in total. The summed E-state index contributed by atoms with van der Waals surface area (Å²) in [7, 11) is 0. The number of aliphatic hydroxyl groups excluding tert-OH is 1. The number of carbonyl (C=O) groups is 2. The van der Waals surface area contributed by atoms with E-state index < -0.39 is 28.8 Å². The molecule has 6 atom stereocenters. The van der Waals surface area contributed by atoms with E-state index in [9.17, 15) is 19.8 Å². The van der Waals surface area contributed by atoms with Crippen molar-refractivity contribution in [1.82, 2.24) is 0 Å². The molecular weight excluding hydrogens is 510 g/mol. The second-order valence-corrected chi connectivity index (χ2v) is 11.8. The van der Waals surface area contributed by atoms with Crippen molar-refractivity contribution >= 4 is 33.2 Å². The molecule has 1 aromatic rings. The van der Waals surface area contributed by atoms with Gasteiger partial charge in [0.05, 0.1) is 0 Å². The summed E-state index contributed by atoms with van der Waals surface area (Å²) >= 11 is 3.52. The number of allylic oxidation sites excluding steroid dienone is 4. The van der Waals surface area contributed by atoms with Crippen molar-refractivity contribution in [1.29, 1.82) is 0 Å². The maximum atomic E-state index is 13.7. The molecule has 0 radical (unpaired) electrons. The molecular formula is C28H32BrNO5. The number of fused-ring (bicyclic) bond motifs is 5. The molecule has 0 aromatic heterocycles. The summed E-state index contributed by atoms with van der Waals surface area (Å²) in [5.41, 5.74) is 0.0671. The van der Waals surface area contributed by atoms with E-state index in [2.05, 4.69) is 40.2 Å². The van der Waals surface area contributed by atoms with Crippen LogP contribution in [0, 0.1) is 28.6 Å². The Labute approximate surface area is 214 Å². The summed E-state index contributed by atoms with van der Waals surface area (Å²) in [6.45, 7) is 3.67. The van der Waals surface area contributed by atoms with Crippen LogP contribution in [0.1, 0.15) is 51.5 Å². The number of oxime groups is 1. The fourth-order valence-corrected chi connectivity index (χ4v) is 7.88. The molecule has 0 bridgehead atoms. The Morgan fingerprint density at radius 3 is 2.77 bits per heavy atom. The van der Waals surface area contributed by atoms with Crippen molar-refractivity contribution in [2.45, 2.75) is 58.2 Å². The maximum absolute atomic E-state index is 13.7. The van der Waals surface area contributed by atoms with E-state index in [1.807, 2.05) is 37.3 Å². The first-order valence-electron chi connectivity index (χ1n) is 12.4. The monoisotopic (exact) mass is 541 g/mol. The van der Waals surface area contributed by atoms with Gasteiger partial charge in [-0.05, 0) is 55.7 Å². The topological polar surface area (TPSA) is 96.2 Å². The van der Waals surface area contributed by atoms with Crippen LogP contribution >= 0.6 is 15.9 Å². The van der Waals surface area contributed by atoms with E-state index in [4.69, 9.17) is 4.84 Å². The van der Waals surface area contributed by atoms with Gasteiger partial charge in [-0.2, -0.15) is 0 Å². The van der Waals surface area contributed by atoms with Gasteiger partial charge in [0.2, 0.25) is 0 Å². The Morgan fingerprint density at radius 1 is 1.26 bits per heavy atom. The Balaban J connectivity index is 1.37. The number of ketones is 2. The molecule has 3 fully saturated rings. The van der Waals surface area contributed by atoms with Gasteiger partial charge in [0, 0.05) is 33.2 Å². The first-order valence-corrected chi connectivity index (χ1v) is 13.2. The second kappa shape index (κ2) is 8.79. The molecule has 35 heavy (non-hydrogen) atoms. The Morgan fingerprint density at radius 2 is 2.03 bits per heavy atom. The second-order valence-electron chi connectivity index (χ2n) is 11.0. The van der Waals surface area contributed by atoms with Crippen molar-refractivity contribution in [2.75, 3.05) is 6.61 Å². The van der Waals surface area contributed by atoms with Gasteiger partial charge < -0.3 is 15.1 Å². The molecule has 4 aliphatic rings. The van der Waals surface area contributed by atoms with E-state index in [0.29, 0.717) is 19.4 Å². The molecule has 0 unspecified atom stereocenters. The zero-order valence-corrected chi connectivity index (χ0v) is 21.8. The highest BCUT2D eigenvalue weighted by molar-refractivity contribution is 9.10. The van der Waals surface area contributed by atoms with Crippen LogP contribution in [-0.4, -0.2) is 39.7 Å². The average molecular weight is 542 g/mol. The zero-order valence-electron chi connectivity index (χ0n) is 20.2. The third-order valence-corrected chi connectivity index (χ3v) is 10.1. The first kappa shape index (κ1) is 24.6. The van der Waals surface area contributed by atoms with Gasteiger partial charge in [0.25, 0.3) is 0 Å². The normalized spacial score (nSPS) is 39.0. The van der Waals surface area contributed by atoms with Crippen LogP contribution in [0.5, 0.6) is 0 Å². The number of carbonyl (C=O) groups excluding carboxylic acids is 2. The summed E-state index contributed by atoms with van der Waals surface area (Å²) in [5, 5.41) is 25.1. The van der Waals surface area contributed by atoms with Crippen molar-refractivity contribution < 1.29 is 24.6 Å². The number of halogens is 1. The minimum Gasteiger partial charge on any atom is -0.390 e. The molecule has 1 aromatic carbocycles. The molecule has 4 aliphatic carbocycles. The molecule has 0 spiro atoms. The standard InChI is InChI=1S/C28H32BrNO5/c1-26-11-9-19(30-35-16-17-5-3-4-6-22(17)29)13-18(26)7-8-20-21-10-12-28(34,24(33)15-31)27(21,2)14-23(32)25(20)26/h3-6,9,11,13,20-21,25,31,34H,7-8,10,12,14-16H2,1-2H3/b30-19+/t20-,21-,25+,26-,27-,28-/m0/s1. The largest absolute Gasteiger partial charge is 0.390 e. The Kier molecular flexibility index (Phi) is 6.17. The minimum atomic E-state index is -1.63. The lowest BCUT2D eigenvalue weighted by molar-refractivity contribution is -0.168. The van der Waals surface area contributed by atoms with E-state index in [0.717, 1.165) is 28.6 Å². The molecule has 0 amide bonds. The fraction of sp³-hybridized carbons (Fsp3) is 0.536. The van der Waals surface area contributed by atoms with Crippen LogP contribution in [0.3, 0.4) is 0 Å². The molecule has 5 rings (SSSR count). The van der Waals surface area contributed by atoms with Crippen molar-refractivity contribution in [3.05, 3.63) is 58.1 Å². The molecule has 0 saturated heterocycles. The van der Waals surface area contributed by atoms with Gasteiger partial charge in [0.1, 0.15) is 30.3 Å². The molecule has 0 heterocycles. The SMILES string of the molecule is C[C@]12C=C/C(=N\OCc3ccccc3Br)C=C1CC[C@@H]1[C@@H]2C(=O)C[C@@]2(C)[C@H]1CC[C@]2(O)C(=O)CO. The predicted molar refractivity (Wildman–Crippen MR) is 135 cm³/mol. The van der Waals surface area contributed by atoms with Crippen LogP contribution in [-0.2, 0) is 21.0 Å². The lowest BCUT2D eigenvalue weighted by Crippen LogP contribution is -2.60. The molecule has 3 saturated carbocycles. The van der Waals surface area contributed by atoms with Crippen molar-refractivity contribution in [3.8, 4) is 0 Å². The summed E-state index contributed by atoms with van der Waals surface area (Å²) in [4.78, 5) is 31.8. The van der Waals surface area contributed by atoms with Gasteiger partial charge >= 0.3 is 0 Å². The Hall–Kier alpha value is -2.09.